The first-order chi connectivity index (χ1) is 9.81. The van der Waals surface area contributed by atoms with Crippen LogP contribution in [0.25, 0.3) is 10.9 Å². The molecular formula is C16H20N4. The zero-order valence-corrected chi connectivity index (χ0v) is 11.8. The topological polar surface area (TPSA) is 41.1 Å². The van der Waals surface area contributed by atoms with Gasteiger partial charge in [0.15, 0.2) is 0 Å². The highest BCUT2D eigenvalue weighted by molar-refractivity contribution is 5.89. The molecule has 4 nitrogen and oxygen atoms in total. The lowest BCUT2D eigenvalue weighted by molar-refractivity contribution is 0.354. The SMILES string of the molecule is CN(c1ncnc2ccccc12)C1CC2CCC(C1)N2. The summed E-state index contributed by atoms with van der Waals surface area (Å²) < 4.78 is 0. The van der Waals surface area contributed by atoms with Crippen LogP contribution in [0.4, 0.5) is 5.82 Å². The van der Waals surface area contributed by atoms with Crippen LogP contribution >= 0.6 is 0 Å². The lowest BCUT2D eigenvalue weighted by atomic mass is 9.98. The minimum atomic E-state index is 0.590. The summed E-state index contributed by atoms with van der Waals surface area (Å²) in [5, 5.41) is 4.86. The molecule has 1 aromatic heterocycles. The highest BCUT2D eigenvalue weighted by atomic mass is 15.2. The number of piperidine rings is 1. The zero-order valence-electron chi connectivity index (χ0n) is 11.8. The van der Waals surface area contributed by atoms with E-state index < -0.39 is 0 Å². The van der Waals surface area contributed by atoms with Crippen molar-refractivity contribution in [2.75, 3.05) is 11.9 Å². The molecule has 2 aliphatic heterocycles. The van der Waals surface area contributed by atoms with Gasteiger partial charge in [-0.1, -0.05) is 12.1 Å². The molecule has 0 radical (unpaired) electrons. The lowest BCUT2D eigenvalue weighted by Crippen LogP contribution is -2.47. The lowest BCUT2D eigenvalue weighted by Gasteiger charge is -2.36. The second-order valence-corrected chi connectivity index (χ2v) is 6.09. The van der Waals surface area contributed by atoms with Crippen molar-refractivity contribution in [2.24, 2.45) is 0 Å². The number of aromatic nitrogens is 2. The van der Waals surface area contributed by atoms with Crippen molar-refractivity contribution in [1.82, 2.24) is 15.3 Å². The quantitative estimate of drug-likeness (QED) is 0.907. The van der Waals surface area contributed by atoms with E-state index in [0.717, 1.165) is 16.7 Å². The monoisotopic (exact) mass is 268 g/mol. The summed E-state index contributed by atoms with van der Waals surface area (Å²) in [7, 11) is 2.18. The van der Waals surface area contributed by atoms with Gasteiger partial charge in [0.05, 0.1) is 5.52 Å². The summed E-state index contributed by atoms with van der Waals surface area (Å²) in [5.74, 6) is 1.07. The molecule has 104 valence electrons. The third kappa shape index (κ3) is 1.95. The molecule has 0 spiro atoms. The third-order valence-electron chi connectivity index (χ3n) is 4.85. The van der Waals surface area contributed by atoms with Gasteiger partial charge in [-0.15, -0.1) is 0 Å². The van der Waals surface area contributed by atoms with E-state index in [2.05, 4.69) is 45.4 Å². The Morgan fingerprint density at radius 1 is 1.10 bits per heavy atom. The maximum Gasteiger partial charge on any atom is 0.139 e. The van der Waals surface area contributed by atoms with Crippen molar-refractivity contribution in [1.29, 1.82) is 0 Å². The summed E-state index contributed by atoms with van der Waals surface area (Å²) >= 11 is 0. The first-order valence-corrected chi connectivity index (χ1v) is 7.50. The van der Waals surface area contributed by atoms with Crippen molar-refractivity contribution >= 4 is 16.7 Å². The van der Waals surface area contributed by atoms with Crippen LogP contribution < -0.4 is 10.2 Å². The Morgan fingerprint density at radius 2 is 1.85 bits per heavy atom. The van der Waals surface area contributed by atoms with Gasteiger partial charge in [0.2, 0.25) is 0 Å². The molecule has 0 amide bonds. The van der Waals surface area contributed by atoms with Crippen LogP contribution in [0.1, 0.15) is 25.7 Å². The molecule has 0 aliphatic carbocycles. The molecule has 1 aromatic carbocycles. The number of nitrogens with one attached hydrogen (secondary N) is 1. The van der Waals surface area contributed by atoms with E-state index in [1.54, 1.807) is 6.33 Å². The number of rotatable bonds is 2. The van der Waals surface area contributed by atoms with Crippen molar-refractivity contribution in [3.05, 3.63) is 30.6 Å². The zero-order chi connectivity index (χ0) is 13.5. The molecule has 20 heavy (non-hydrogen) atoms. The molecule has 2 saturated heterocycles. The number of para-hydroxylation sites is 1. The number of benzene rings is 1. The molecule has 3 heterocycles. The highest BCUT2D eigenvalue weighted by Gasteiger charge is 2.35. The number of nitrogens with zero attached hydrogens (tertiary/aromatic N) is 3. The first kappa shape index (κ1) is 12.1. The normalized spacial score (nSPS) is 28.8. The van der Waals surface area contributed by atoms with E-state index in [-0.39, 0.29) is 0 Å². The average Bonchev–Trinajstić information content (AvgIpc) is 2.84. The highest BCUT2D eigenvalue weighted by Crippen LogP contribution is 2.32. The molecule has 2 atom stereocenters. The molecule has 1 N–H and O–H groups in total. The Kier molecular flexibility index (Phi) is 2.84. The fraction of sp³-hybridized carbons (Fsp3) is 0.500. The van der Waals surface area contributed by atoms with E-state index in [4.69, 9.17) is 0 Å². The molecule has 4 heteroatoms. The Hall–Kier alpha value is -1.68. The van der Waals surface area contributed by atoms with Gasteiger partial charge in [-0.05, 0) is 37.8 Å². The smallest absolute Gasteiger partial charge is 0.139 e. The maximum absolute atomic E-state index is 4.55. The van der Waals surface area contributed by atoms with Crippen molar-refractivity contribution in [2.45, 2.75) is 43.8 Å². The fourth-order valence-electron chi connectivity index (χ4n) is 3.79. The van der Waals surface area contributed by atoms with Crippen LogP contribution in [-0.2, 0) is 0 Å². The molecule has 0 saturated carbocycles. The molecule has 2 aromatic rings. The first-order valence-electron chi connectivity index (χ1n) is 7.50. The Morgan fingerprint density at radius 3 is 2.65 bits per heavy atom. The van der Waals surface area contributed by atoms with Crippen molar-refractivity contribution in [3.63, 3.8) is 0 Å². The molecule has 2 bridgehead atoms. The predicted molar refractivity (Wildman–Crippen MR) is 80.9 cm³/mol. The molecular weight excluding hydrogens is 248 g/mol. The van der Waals surface area contributed by atoms with Gasteiger partial charge in [-0.2, -0.15) is 0 Å². The minimum Gasteiger partial charge on any atom is -0.356 e. The number of hydrogen-bond acceptors (Lipinski definition) is 4. The summed E-state index contributed by atoms with van der Waals surface area (Å²) in [5.41, 5.74) is 1.03. The summed E-state index contributed by atoms with van der Waals surface area (Å²) in [6.07, 6.45) is 6.81. The summed E-state index contributed by atoms with van der Waals surface area (Å²) in [6.45, 7) is 0. The van der Waals surface area contributed by atoms with E-state index in [1.165, 1.54) is 25.7 Å². The van der Waals surface area contributed by atoms with Gasteiger partial charge in [0.25, 0.3) is 0 Å². The van der Waals surface area contributed by atoms with Gasteiger partial charge in [0, 0.05) is 30.6 Å². The summed E-state index contributed by atoms with van der Waals surface area (Å²) in [6, 6.07) is 10.3. The maximum atomic E-state index is 4.55. The number of hydrogen-bond donors (Lipinski definition) is 1. The van der Waals surface area contributed by atoms with Gasteiger partial charge in [-0.25, -0.2) is 9.97 Å². The second kappa shape index (κ2) is 4.70. The van der Waals surface area contributed by atoms with Crippen LogP contribution in [0, 0.1) is 0 Å². The van der Waals surface area contributed by atoms with Crippen LogP contribution in [0.5, 0.6) is 0 Å². The Bertz CT molecular complexity index is 609. The Labute approximate surface area is 119 Å². The van der Waals surface area contributed by atoms with Crippen LogP contribution in [-0.4, -0.2) is 35.1 Å². The largest absolute Gasteiger partial charge is 0.356 e. The number of fused-ring (bicyclic) bond motifs is 3. The second-order valence-electron chi connectivity index (χ2n) is 6.09. The van der Waals surface area contributed by atoms with E-state index in [9.17, 15) is 0 Å². The molecule has 2 unspecified atom stereocenters. The van der Waals surface area contributed by atoms with E-state index in [1.807, 2.05) is 6.07 Å². The van der Waals surface area contributed by atoms with Gasteiger partial charge < -0.3 is 10.2 Å². The standard InChI is InChI=1S/C16H20N4/c1-20(13-8-11-6-7-12(9-13)19-11)16-14-4-2-3-5-15(14)17-10-18-16/h2-5,10-13,19H,6-9H2,1H3. The molecule has 2 fully saturated rings. The average molecular weight is 268 g/mol. The molecule has 4 rings (SSSR count). The van der Waals surface area contributed by atoms with Gasteiger partial charge in [-0.3, -0.25) is 0 Å². The van der Waals surface area contributed by atoms with Gasteiger partial charge in [0.1, 0.15) is 12.1 Å². The van der Waals surface area contributed by atoms with Gasteiger partial charge >= 0.3 is 0 Å². The fourth-order valence-corrected chi connectivity index (χ4v) is 3.79. The third-order valence-corrected chi connectivity index (χ3v) is 4.85. The molecule has 2 aliphatic rings. The Balaban J connectivity index is 1.68. The summed E-state index contributed by atoms with van der Waals surface area (Å²) in [4.78, 5) is 11.3. The minimum absolute atomic E-state index is 0.590. The van der Waals surface area contributed by atoms with Crippen LogP contribution in [0.3, 0.4) is 0 Å². The van der Waals surface area contributed by atoms with E-state index >= 15 is 0 Å². The van der Waals surface area contributed by atoms with E-state index in [0.29, 0.717) is 18.1 Å². The van der Waals surface area contributed by atoms with Crippen molar-refractivity contribution in [3.8, 4) is 0 Å². The number of anilines is 1. The van der Waals surface area contributed by atoms with Crippen LogP contribution in [0.15, 0.2) is 30.6 Å². The van der Waals surface area contributed by atoms with Crippen molar-refractivity contribution < 1.29 is 0 Å². The van der Waals surface area contributed by atoms with Crippen LogP contribution in [0.2, 0.25) is 0 Å². The predicted octanol–water partition coefficient (Wildman–Crippen LogP) is 2.35.